The van der Waals surface area contributed by atoms with Crippen molar-refractivity contribution in [1.29, 1.82) is 0 Å². The number of hydrogen-bond acceptors (Lipinski definition) is 8. The van der Waals surface area contributed by atoms with E-state index < -0.39 is 17.4 Å². The number of cyclic esters (lactones) is 1. The van der Waals surface area contributed by atoms with Crippen LogP contribution in [-0.4, -0.2) is 44.7 Å². The molecule has 2 atom stereocenters. The van der Waals surface area contributed by atoms with E-state index in [0.29, 0.717) is 36.4 Å². The number of fused-ring (bicyclic) bond motifs is 1. The number of unbranched alkanes of at least 4 members (excludes halogenated alkanes) is 3. The third-order valence-corrected chi connectivity index (χ3v) is 7.77. The highest BCUT2D eigenvalue weighted by molar-refractivity contribution is 5.99. The molecule has 37 heavy (non-hydrogen) atoms. The van der Waals surface area contributed by atoms with E-state index in [1.165, 1.54) is 6.92 Å². The van der Waals surface area contributed by atoms with Gasteiger partial charge in [-0.25, -0.2) is 4.79 Å². The van der Waals surface area contributed by atoms with Gasteiger partial charge in [0.25, 0.3) is 0 Å². The van der Waals surface area contributed by atoms with Crippen LogP contribution in [0.5, 0.6) is 11.5 Å². The van der Waals surface area contributed by atoms with E-state index in [0.717, 1.165) is 49.8 Å². The second kappa shape index (κ2) is 12.6. The third-order valence-electron chi connectivity index (χ3n) is 7.77. The lowest BCUT2D eigenvalue weighted by molar-refractivity contribution is -0.151. The molecule has 1 N–H and O–H groups in total. The average molecular weight is 516 g/mol. The van der Waals surface area contributed by atoms with Gasteiger partial charge in [0.05, 0.1) is 19.6 Å². The molecule has 2 heterocycles. The molecule has 2 aliphatic heterocycles. The third kappa shape index (κ3) is 6.17. The first-order valence-corrected chi connectivity index (χ1v) is 13.3. The summed E-state index contributed by atoms with van der Waals surface area (Å²) < 4.78 is 22.2. The molecule has 0 amide bonds. The van der Waals surface area contributed by atoms with Crippen molar-refractivity contribution in [3.8, 4) is 11.5 Å². The number of benzene rings is 1. The minimum absolute atomic E-state index is 0.119. The number of methoxy groups -OCH3 is 1. The molecule has 2 aliphatic rings. The van der Waals surface area contributed by atoms with E-state index in [-0.39, 0.29) is 29.8 Å². The molecule has 0 aromatic heterocycles. The number of piperidine rings is 1. The van der Waals surface area contributed by atoms with Gasteiger partial charge >= 0.3 is 17.9 Å². The SMILES string of the molecule is CCCCCCOC(=O)C(C)[C@]1(C)CNCCC1=CCc1c(OC)c(C)c2c(c1OC(C)=O)C(=O)OC2. The van der Waals surface area contributed by atoms with Gasteiger partial charge in [-0.05, 0) is 38.3 Å². The van der Waals surface area contributed by atoms with Crippen LogP contribution in [0.1, 0.15) is 86.8 Å². The normalized spacial score (nSPS) is 20.8. The lowest BCUT2D eigenvalue weighted by atomic mass is 9.68. The summed E-state index contributed by atoms with van der Waals surface area (Å²) in [4.78, 5) is 37.5. The molecule has 0 spiro atoms. The lowest BCUT2D eigenvalue weighted by Crippen LogP contribution is -2.46. The van der Waals surface area contributed by atoms with Gasteiger partial charge < -0.3 is 24.3 Å². The minimum Gasteiger partial charge on any atom is -0.496 e. The largest absolute Gasteiger partial charge is 0.496 e. The molecule has 1 saturated heterocycles. The Morgan fingerprint density at radius 3 is 2.65 bits per heavy atom. The van der Waals surface area contributed by atoms with Crippen molar-refractivity contribution in [2.45, 2.75) is 79.8 Å². The fraction of sp³-hybridized carbons (Fsp3) is 0.621. The highest BCUT2D eigenvalue weighted by Crippen LogP contribution is 2.44. The Hall–Kier alpha value is -2.87. The number of hydrogen-bond donors (Lipinski definition) is 1. The number of rotatable bonds is 11. The zero-order valence-electron chi connectivity index (χ0n) is 23.1. The quantitative estimate of drug-likeness (QED) is 0.194. The van der Waals surface area contributed by atoms with Crippen LogP contribution < -0.4 is 14.8 Å². The maximum absolute atomic E-state index is 13.0. The van der Waals surface area contributed by atoms with Gasteiger partial charge in [0.2, 0.25) is 0 Å². The molecule has 1 aromatic carbocycles. The van der Waals surface area contributed by atoms with Crippen molar-refractivity contribution in [1.82, 2.24) is 5.32 Å². The molecule has 0 saturated carbocycles. The number of carbonyl (C=O) groups excluding carboxylic acids is 3. The fourth-order valence-electron chi connectivity index (χ4n) is 5.31. The van der Waals surface area contributed by atoms with Crippen LogP contribution in [0.3, 0.4) is 0 Å². The summed E-state index contributed by atoms with van der Waals surface area (Å²) in [7, 11) is 1.56. The smallest absolute Gasteiger partial charge is 0.342 e. The van der Waals surface area contributed by atoms with Crippen LogP contribution >= 0.6 is 0 Å². The molecule has 8 heteroatoms. The van der Waals surface area contributed by atoms with Crippen LogP contribution in [0, 0.1) is 18.3 Å². The summed E-state index contributed by atoms with van der Waals surface area (Å²) >= 11 is 0. The monoisotopic (exact) mass is 515 g/mol. The predicted molar refractivity (Wildman–Crippen MR) is 140 cm³/mol. The zero-order chi connectivity index (χ0) is 27.2. The summed E-state index contributed by atoms with van der Waals surface area (Å²) in [5.41, 5.74) is 3.05. The molecule has 0 aliphatic carbocycles. The maximum Gasteiger partial charge on any atom is 0.342 e. The van der Waals surface area contributed by atoms with Gasteiger partial charge in [0, 0.05) is 30.0 Å². The van der Waals surface area contributed by atoms with Crippen LogP contribution in [0.15, 0.2) is 11.6 Å². The van der Waals surface area contributed by atoms with E-state index in [1.807, 2.05) is 13.8 Å². The average Bonchev–Trinajstić information content (AvgIpc) is 3.26. The van der Waals surface area contributed by atoms with Gasteiger partial charge in [-0.3, -0.25) is 9.59 Å². The Morgan fingerprint density at radius 2 is 1.97 bits per heavy atom. The molecule has 1 fully saturated rings. The first kappa shape index (κ1) is 28.7. The standard InChI is InChI=1S/C29H41NO7/c1-7-8-9-10-15-35-27(32)19(3)29(5)17-30-14-13-21(29)11-12-22-25(34-6)18(2)23-16-36-28(33)24(23)26(22)37-20(4)31/h11,19,30H,7-10,12-17H2,1-6H3/t19?,29-/m0/s1. The number of allylic oxidation sites excluding steroid dienone is 1. The van der Waals surface area contributed by atoms with Gasteiger partial charge in [0.1, 0.15) is 17.9 Å². The van der Waals surface area contributed by atoms with Crippen molar-refractivity contribution in [2.75, 3.05) is 26.8 Å². The van der Waals surface area contributed by atoms with Crippen LogP contribution in [0.4, 0.5) is 0 Å². The molecular formula is C29H41NO7. The maximum atomic E-state index is 13.0. The van der Waals surface area contributed by atoms with Crippen molar-refractivity contribution in [2.24, 2.45) is 11.3 Å². The lowest BCUT2D eigenvalue weighted by Gasteiger charge is -2.41. The van der Waals surface area contributed by atoms with Crippen LogP contribution in [0.25, 0.3) is 0 Å². The van der Waals surface area contributed by atoms with E-state index >= 15 is 0 Å². The van der Waals surface area contributed by atoms with Gasteiger partial charge in [-0.2, -0.15) is 0 Å². The van der Waals surface area contributed by atoms with E-state index in [9.17, 15) is 14.4 Å². The van der Waals surface area contributed by atoms with E-state index in [1.54, 1.807) is 7.11 Å². The Bertz CT molecular complexity index is 1060. The predicted octanol–water partition coefficient (Wildman–Crippen LogP) is 4.83. The van der Waals surface area contributed by atoms with Crippen molar-refractivity contribution < 1.29 is 33.3 Å². The van der Waals surface area contributed by atoms with Crippen molar-refractivity contribution in [3.63, 3.8) is 0 Å². The highest BCUT2D eigenvalue weighted by Gasteiger charge is 2.41. The second-order valence-electron chi connectivity index (χ2n) is 10.2. The molecule has 8 nitrogen and oxygen atoms in total. The zero-order valence-corrected chi connectivity index (χ0v) is 23.1. The Balaban J connectivity index is 1.92. The summed E-state index contributed by atoms with van der Waals surface area (Å²) in [6, 6.07) is 0. The summed E-state index contributed by atoms with van der Waals surface area (Å²) in [5.74, 6) is -0.802. The van der Waals surface area contributed by atoms with Gasteiger partial charge in [-0.1, -0.05) is 51.7 Å². The number of ether oxygens (including phenoxy) is 4. The number of esters is 3. The van der Waals surface area contributed by atoms with Gasteiger partial charge in [-0.15, -0.1) is 0 Å². The topological polar surface area (TPSA) is 100 Å². The summed E-state index contributed by atoms with van der Waals surface area (Å²) in [6.45, 7) is 11.4. The van der Waals surface area contributed by atoms with E-state index in [4.69, 9.17) is 18.9 Å². The van der Waals surface area contributed by atoms with Crippen LogP contribution in [-0.2, 0) is 32.1 Å². The molecule has 204 valence electrons. The first-order chi connectivity index (χ1) is 17.7. The van der Waals surface area contributed by atoms with Gasteiger partial charge in [0.15, 0.2) is 5.75 Å². The van der Waals surface area contributed by atoms with Crippen LogP contribution in [0.2, 0.25) is 0 Å². The Kier molecular flexibility index (Phi) is 9.76. The number of nitrogens with one attached hydrogen (secondary N) is 1. The van der Waals surface area contributed by atoms with E-state index in [2.05, 4.69) is 25.2 Å². The molecule has 0 radical (unpaired) electrons. The second-order valence-corrected chi connectivity index (χ2v) is 10.2. The summed E-state index contributed by atoms with van der Waals surface area (Å²) in [5, 5.41) is 3.43. The van der Waals surface area contributed by atoms with Crippen molar-refractivity contribution >= 4 is 17.9 Å². The minimum atomic E-state index is -0.524. The Labute approximate surface area is 220 Å². The molecular weight excluding hydrogens is 474 g/mol. The first-order valence-electron chi connectivity index (χ1n) is 13.3. The van der Waals surface area contributed by atoms with Crippen molar-refractivity contribution in [3.05, 3.63) is 33.9 Å². The summed E-state index contributed by atoms with van der Waals surface area (Å²) in [6.07, 6.45) is 7.43. The highest BCUT2D eigenvalue weighted by atomic mass is 16.6. The molecule has 1 aromatic rings. The Morgan fingerprint density at radius 1 is 1.22 bits per heavy atom. The molecule has 3 rings (SSSR count). The molecule has 0 bridgehead atoms. The molecule has 1 unspecified atom stereocenters. The number of carbonyl (C=O) groups is 3. The fourth-order valence-corrected chi connectivity index (χ4v) is 5.31.